The van der Waals surface area contributed by atoms with Gasteiger partial charge in [0.1, 0.15) is 11.6 Å². The maximum absolute atomic E-state index is 13.1. The fourth-order valence-corrected chi connectivity index (χ4v) is 4.31. The van der Waals surface area contributed by atoms with Crippen molar-refractivity contribution in [3.8, 4) is 0 Å². The third kappa shape index (κ3) is 3.88. The highest BCUT2D eigenvalue weighted by molar-refractivity contribution is 7.91. The van der Waals surface area contributed by atoms with E-state index in [1.54, 1.807) is 18.2 Å². The van der Waals surface area contributed by atoms with E-state index in [4.69, 9.17) is 0 Å². The van der Waals surface area contributed by atoms with Gasteiger partial charge in [-0.1, -0.05) is 12.1 Å². The van der Waals surface area contributed by atoms with Gasteiger partial charge < -0.3 is 5.32 Å². The summed E-state index contributed by atoms with van der Waals surface area (Å²) in [6.45, 7) is 0. The Balaban J connectivity index is 1.69. The number of hydrogen-bond acceptors (Lipinski definition) is 4. The van der Waals surface area contributed by atoms with Gasteiger partial charge in [0.2, 0.25) is 5.91 Å². The Morgan fingerprint density at radius 2 is 2.21 bits per heavy atom. The van der Waals surface area contributed by atoms with Crippen molar-refractivity contribution in [3.63, 3.8) is 0 Å². The molecule has 1 aromatic carbocycles. The summed E-state index contributed by atoms with van der Waals surface area (Å²) in [5, 5.41) is 6.78. The predicted molar refractivity (Wildman–Crippen MR) is 88.6 cm³/mol. The minimum atomic E-state index is -3.04. The van der Waals surface area contributed by atoms with Crippen LogP contribution in [0.3, 0.4) is 0 Å². The molecule has 24 heavy (non-hydrogen) atoms. The Bertz CT molecular complexity index is 889. The van der Waals surface area contributed by atoms with Gasteiger partial charge in [-0.25, -0.2) is 17.5 Å². The Hall–Kier alpha value is -2.48. The quantitative estimate of drug-likeness (QED) is 0.857. The average molecular weight is 349 g/mol. The second-order valence-corrected chi connectivity index (χ2v) is 7.82. The highest BCUT2D eigenvalue weighted by atomic mass is 32.2. The van der Waals surface area contributed by atoms with E-state index in [1.807, 2.05) is 0 Å². The van der Waals surface area contributed by atoms with Gasteiger partial charge in [0, 0.05) is 12.1 Å². The van der Waals surface area contributed by atoms with E-state index in [9.17, 15) is 17.6 Å². The number of nitrogens with one attached hydrogen (secondary N) is 1. The molecule has 1 aliphatic heterocycles. The SMILES string of the molecule is O=C(/C=C\c1cccc(F)c1)Nc1ccnn1[C@@H]1CCS(=O)(=O)C1. The molecule has 1 aromatic heterocycles. The molecule has 0 spiro atoms. The predicted octanol–water partition coefficient (Wildman–Crippen LogP) is 2.03. The Morgan fingerprint density at radius 3 is 2.92 bits per heavy atom. The highest BCUT2D eigenvalue weighted by Crippen LogP contribution is 2.26. The van der Waals surface area contributed by atoms with Gasteiger partial charge in [-0.15, -0.1) is 0 Å². The molecule has 0 radical (unpaired) electrons. The first-order valence-corrected chi connectivity index (χ1v) is 9.24. The molecular formula is C16H16FN3O3S. The van der Waals surface area contributed by atoms with Crippen LogP contribution >= 0.6 is 0 Å². The zero-order chi connectivity index (χ0) is 17.2. The number of amides is 1. The van der Waals surface area contributed by atoms with Gasteiger partial charge in [0.15, 0.2) is 9.84 Å². The van der Waals surface area contributed by atoms with E-state index in [-0.39, 0.29) is 23.4 Å². The summed E-state index contributed by atoms with van der Waals surface area (Å²) in [5.41, 5.74) is 0.570. The maximum Gasteiger partial charge on any atom is 0.249 e. The first-order chi connectivity index (χ1) is 11.4. The van der Waals surface area contributed by atoms with Gasteiger partial charge in [0.05, 0.1) is 23.7 Å². The van der Waals surface area contributed by atoms with E-state index in [1.165, 1.54) is 35.2 Å². The number of halogens is 1. The van der Waals surface area contributed by atoms with E-state index >= 15 is 0 Å². The van der Waals surface area contributed by atoms with Gasteiger partial charge in [-0.2, -0.15) is 5.10 Å². The largest absolute Gasteiger partial charge is 0.307 e. The van der Waals surface area contributed by atoms with E-state index in [0.717, 1.165) is 0 Å². The second-order valence-electron chi connectivity index (χ2n) is 5.60. The van der Waals surface area contributed by atoms with Crippen LogP contribution in [0.5, 0.6) is 0 Å². The minimum absolute atomic E-state index is 0.0245. The number of aromatic nitrogens is 2. The molecule has 2 aromatic rings. The van der Waals surface area contributed by atoms with E-state index < -0.39 is 15.7 Å². The molecule has 8 heteroatoms. The van der Waals surface area contributed by atoms with Crippen molar-refractivity contribution in [3.05, 3.63) is 54.0 Å². The second kappa shape index (κ2) is 6.56. The van der Waals surface area contributed by atoms with Crippen molar-refractivity contribution in [2.24, 2.45) is 0 Å². The smallest absolute Gasteiger partial charge is 0.249 e. The lowest BCUT2D eigenvalue weighted by atomic mass is 10.2. The van der Waals surface area contributed by atoms with Gasteiger partial charge >= 0.3 is 0 Å². The summed E-state index contributed by atoms with van der Waals surface area (Å²) in [6, 6.07) is 7.22. The van der Waals surface area contributed by atoms with Crippen molar-refractivity contribution in [2.75, 3.05) is 16.8 Å². The van der Waals surface area contributed by atoms with Crippen LogP contribution in [0.25, 0.3) is 6.08 Å². The molecule has 126 valence electrons. The fraction of sp³-hybridized carbons (Fsp3) is 0.250. The normalized spacial score (nSPS) is 19.6. The number of carbonyl (C=O) groups excluding carboxylic acids is 1. The molecule has 1 fully saturated rings. The maximum atomic E-state index is 13.1. The Kier molecular flexibility index (Phi) is 4.48. The van der Waals surface area contributed by atoms with Crippen LogP contribution in [0.15, 0.2) is 42.6 Å². The van der Waals surface area contributed by atoms with Crippen LogP contribution in [-0.2, 0) is 14.6 Å². The summed E-state index contributed by atoms with van der Waals surface area (Å²) < 4.78 is 37.8. The van der Waals surface area contributed by atoms with Crippen LogP contribution in [0.1, 0.15) is 18.0 Å². The van der Waals surface area contributed by atoms with Gasteiger partial charge in [0.25, 0.3) is 0 Å². The highest BCUT2D eigenvalue weighted by Gasteiger charge is 2.30. The number of nitrogens with zero attached hydrogens (tertiary/aromatic N) is 2. The average Bonchev–Trinajstić information content (AvgIpc) is 3.11. The third-order valence-corrected chi connectivity index (χ3v) is 5.50. The van der Waals surface area contributed by atoms with Crippen molar-refractivity contribution < 1.29 is 17.6 Å². The minimum Gasteiger partial charge on any atom is -0.307 e. The van der Waals surface area contributed by atoms with Crippen molar-refractivity contribution in [1.82, 2.24) is 9.78 Å². The molecule has 1 atom stereocenters. The lowest BCUT2D eigenvalue weighted by Gasteiger charge is -2.12. The van der Waals surface area contributed by atoms with E-state index in [0.29, 0.717) is 17.8 Å². The number of anilines is 1. The molecule has 0 aliphatic carbocycles. The summed E-state index contributed by atoms with van der Waals surface area (Å²) in [7, 11) is -3.04. The summed E-state index contributed by atoms with van der Waals surface area (Å²) in [4.78, 5) is 12.0. The fourth-order valence-electron chi connectivity index (χ4n) is 2.62. The van der Waals surface area contributed by atoms with Crippen LogP contribution < -0.4 is 5.32 Å². The zero-order valence-corrected chi connectivity index (χ0v) is 13.5. The van der Waals surface area contributed by atoms with Crippen LogP contribution in [0.2, 0.25) is 0 Å². The summed E-state index contributed by atoms with van der Waals surface area (Å²) in [5.74, 6) is -0.188. The molecule has 3 rings (SSSR count). The number of rotatable bonds is 4. The van der Waals surface area contributed by atoms with Gasteiger partial charge in [-0.3, -0.25) is 4.79 Å². The molecular weight excluding hydrogens is 333 g/mol. The third-order valence-electron chi connectivity index (χ3n) is 3.75. The van der Waals surface area contributed by atoms with Crippen LogP contribution in [-0.4, -0.2) is 35.6 Å². The molecule has 1 amide bonds. The zero-order valence-electron chi connectivity index (χ0n) is 12.7. The molecule has 0 unspecified atom stereocenters. The molecule has 1 saturated heterocycles. The molecule has 6 nitrogen and oxygen atoms in total. The van der Waals surface area contributed by atoms with Crippen molar-refractivity contribution in [2.45, 2.75) is 12.5 Å². The molecule has 1 aliphatic rings. The standard InChI is InChI=1S/C16H16FN3O3S/c17-13-3-1-2-12(10-13)4-5-16(21)19-15-6-8-18-20(15)14-7-9-24(22,23)11-14/h1-6,8,10,14H,7,9,11H2,(H,19,21)/b5-4-/t14-/m1/s1. The van der Waals surface area contributed by atoms with Crippen molar-refractivity contribution in [1.29, 1.82) is 0 Å². The lowest BCUT2D eigenvalue weighted by Crippen LogP contribution is -2.18. The van der Waals surface area contributed by atoms with Crippen molar-refractivity contribution >= 4 is 27.6 Å². The summed E-state index contributed by atoms with van der Waals surface area (Å²) >= 11 is 0. The molecule has 1 N–H and O–H groups in total. The lowest BCUT2D eigenvalue weighted by molar-refractivity contribution is -0.111. The number of benzene rings is 1. The summed E-state index contributed by atoms with van der Waals surface area (Å²) in [6.07, 6.45) is 4.78. The van der Waals surface area contributed by atoms with Crippen LogP contribution in [0.4, 0.5) is 10.2 Å². The van der Waals surface area contributed by atoms with E-state index in [2.05, 4.69) is 10.4 Å². The Morgan fingerprint density at radius 1 is 1.38 bits per heavy atom. The number of carbonyl (C=O) groups is 1. The topological polar surface area (TPSA) is 81.1 Å². The van der Waals surface area contributed by atoms with Gasteiger partial charge in [-0.05, 0) is 30.2 Å². The molecule has 0 bridgehead atoms. The van der Waals surface area contributed by atoms with Crippen LogP contribution in [0, 0.1) is 5.82 Å². The monoisotopic (exact) mass is 349 g/mol. The first-order valence-electron chi connectivity index (χ1n) is 7.41. The molecule has 0 saturated carbocycles. The number of sulfone groups is 1. The first kappa shape index (κ1) is 16.4. The number of hydrogen-bond donors (Lipinski definition) is 1. The Labute approximate surface area is 138 Å². The molecule has 2 heterocycles.